The number of halogens is 2. The number of fused-ring (bicyclic) bond motifs is 1. The lowest BCUT2D eigenvalue weighted by molar-refractivity contribution is -0.144. The standard InChI is InChI=1S/C24H25ClFN5O4/c1-35-16-9-15(10-16)30(12-20(32)28-11-14-5-4-7-18(25)22(14)26)21(33)13-31-19-8-3-2-6-17(19)23(29-31)24(27)34/h2-8,15-16H,9-13H2,1H3,(H2,27,34)(H,28,32). The first-order chi connectivity index (χ1) is 16.8. The molecular formula is C24H25ClFN5O4. The number of aromatic nitrogens is 2. The van der Waals surface area contributed by atoms with E-state index in [9.17, 15) is 18.8 Å². The zero-order chi connectivity index (χ0) is 25.1. The molecule has 1 aromatic heterocycles. The number of carbonyl (C=O) groups excluding carboxylic acids is 3. The first-order valence-electron chi connectivity index (χ1n) is 11.1. The number of benzene rings is 2. The van der Waals surface area contributed by atoms with Crippen LogP contribution < -0.4 is 11.1 Å². The number of hydrogen-bond acceptors (Lipinski definition) is 5. The predicted molar refractivity (Wildman–Crippen MR) is 127 cm³/mol. The Morgan fingerprint density at radius 2 is 1.97 bits per heavy atom. The van der Waals surface area contributed by atoms with Crippen LogP contribution in [0.3, 0.4) is 0 Å². The van der Waals surface area contributed by atoms with E-state index in [0.717, 1.165) is 0 Å². The van der Waals surface area contributed by atoms with Crippen LogP contribution in [0.15, 0.2) is 42.5 Å². The van der Waals surface area contributed by atoms with Crippen molar-refractivity contribution in [3.8, 4) is 0 Å². The second-order valence-electron chi connectivity index (χ2n) is 8.38. The van der Waals surface area contributed by atoms with Crippen molar-refractivity contribution in [3.63, 3.8) is 0 Å². The van der Waals surface area contributed by atoms with Crippen LogP contribution in [-0.4, -0.2) is 58.2 Å². The number of para-hydroxylation sites is 1. The highest BCUT2D eigenvalue weighted by Crippen LogP contribution is 2.28. The van der Waals surface area contributed by atoms with E-state index in [1.807, 2.05) is 0 Å². The largest absolute Gasteiger partial charge is 0.381 e. The van der Waals surface area contributed by atoms with Crippen molar-refractivity contribution >= 4 is 40.2 Å². The summed E-state index contributed by atoms with van der Waals surface area (Å²) < 4.78 is 20.9. The maximum atomic E-state index is 14.1. The average molecular weight is 502 g/mol. The van der Waals surface area contributed by atoms with Gasteiger partial charge in [-0.25, -0.2) is 4.39 Å². The smallest absolute Gasteiger partial charge is 0.269 e. The Balaban J connectivity index is 1.49. The van der Waals surface area contributed by atoms with E-state index in [2.05, 4.69) is 10.4 Å². The molecule has 0 atom stereocenters. The van der Waals surface area contributed by atoms with Crippen molar-refractivity contribution in [3.05, 3.63) is 64.6 Å². The Labute approximate surface area is 206 Å². The molecule has 1 saturated carbocycles. The molecule has 11 heteroatoms. The van der Waals surface area contributed by atoms with Crippen LogP contribution in [0, 0.1) is 5.82 Å². The fourth-order valence-electron chi connectivity index (χ4n) is 4.14. The quantitative estimate of drug-likeness (QED) is 0.466. The molecule has 0 bridgehead atoms. The van der Waals surface area contributed by atoms with Crippen LogP contribution in [-0.2, 0) is 27.4 Å². The number of hydrogen-bond donors (Lipinski definition) is 2. The highest BCUT2D eigenvalue weighted by Gasteiger charge is 2.37. The number of amides is 3. The van der Waals surface area contributed by atoms with Gasteiger partial charge in [0.1, 0.15) is 12.4 Å². The van der Waals surface area contributed by atoms with E-state index in [0.29, 0.717) is 23.7 Å². The monoisotopic (exact) mass is 501 g/mol. The van der Waals surface area contributed by atoms with Crippen LogP contribution in [0.1, 0.15) is 28.9 Å². The number of rotatable bonds is 9. The zero-order valence-electron chi connectivity index (χ0n) is 19.0. The van der Waals surface area contributed by atoms with Crippen LogP contribution in [0.2, 0.25) is 5.02 Å². The molecule has 0 saturated heterocycles. The fourth-order valence-corrected chi connectivity index (χ4v) is 4.34. The molecule has 184 valence electrons. The fraction of sp³-hybridized carbons (Fsp3) is 0.333. The molecule has 1 heterocycles. The average Bonchev–Trinajstić information content (AvgIpc) is 3.17. The van der Waals surface area contributed by atoms with E-state index in [-0.39, 0.29) is 54.0 Å². The molecule has 2 aromatic carbocycles. The molecule has 3 N–H and O–H groups in total. The van der Waals surface area contributed by atoms with Crippen molar-refractivity contribution in [2.24, 2.45) is 5.73 Å². The molecule has 0 spiro atoms. The summed E-state index contributed by atoms with van der Waals surface area (Å²) in [6, 6.07) is 11.3. The Hall–Kier alpha value is -3.50. The topological polar surface area (TPSA) is 120 Å². The maximum absolute atomic E-state index is 14.1. The van der Waals surface area contributed by atoms with Gasteiger partial charge in [-0.05, 0) is 25.0 Å². The van der Waals surface area contributed by atoms with Gasteiger partial charge in [0.25, 0.3) is 5.91 Å². The van der Waals surface area contributed by atoms with E-state index in [4.69, 9.17) is 22.1 Å². The van der Waals surface area contributed by atoms with Crippen molar-refractivity contribution in [1.29, 1.82) is 0 Å². The van der Waals surface area contributed by atoms with Crippen LogP contribution in [0.25, 0.3) is 10.9 Å². The van der Waals surface area contributed by atoms with E-state index < -0.39 is 17.6 Å². The molecule has 0 unspecified atom stereocenters. The Morgan fingerprint density at radius 3 is 2.69 bits per heavy atom. The summed E-state index contributed by atoms with van der Waals surface area (Å²) in [6.45, 7) is -0.466. The summed E-state index contributed by atoms with van der Waals surface area (Å²) in [7, 11) is 1.60. The molecule has 9 nitrogen and oxygen atoms in total. The van der Waals surface area contributed by atoms with Gasteiger partial charge in [-0.15, -0.1) is 0 Å². The molecule has 0 aliphatic heterocycles. The zero-order valence-corrected chi connectivity index (χ0v) is 19.8. The third-order valence-electron chi connectivity index (χ3n) is 6.16. The number of carbonyl (C=O) groups is 3. The molecule has 1 aliphatic rings. The van der Waals surface area contributed by atoms with Gasteiger partial charge < -0.3 is 20.7 Å². The highest BCUT2D eigenvalue weighted by molar-refractivity contribution is 6.30. The summed E-state index contributed by atoms with van der Waals surface area (Å²) in [4.78, 5) is 39.3. The third-order valence-corrected chi connectivity index (χ3v) is 6.45. The molecule has 3 amide bonds. The van der Waals surface area contributed by atoms with E-state index >= 15 is 0 Å². The number of nitrogens with zero attached hydrogens (tertiary/aromatic N) is 3. The molecule has 1 aliphatic carbocycles. The van der Waals surface area contributed by atoms with Crippen molar-refractivity contribution in [2.45, 2.75) is 38.1 Å². The molecule has 4 rings (SSSR count). The van der Waals surface area contributed by atoms with Crippen molar-refractivity contribution in [2.75, 3.05) is 13.7 Å². The Kier molecular flexibility index (Phi) is 7.32. The number of nitrogens with two attached hydrogens (primary N) is 1. The van der Waals surface area contributed by atoms with Gasteiger partial charge in [-0.1, -0.05) is 41.9 Å². The van der Waals surface area contributed by atoms with Crippen LogP contribution in [0.5, 0.6) is 0 Å². The van der Waals surface area contributed by atoms with Gasteiger partial charge in [0.15, 0.2) is 5.69 Å². The van der Waals surface area contributed by atoms with Crippen molar-refractivity contribution < 1.29 is 23.5 Å². The number of methoxy groups -OCH3 is 1. The second-order valence-corrected chi connectivity index (χ2v) is 8.79. The summed E-state index contributed by atoms with van der Waals surface area (Å²) >= 11 is 5.80. The Morgan fingerprint density at radius 1 is 1.23 bits per heavy atom. The SMILES string of the molecule is COC1CC(N(CC(=O)NCc2cccc(Cl)c2F)C(=O)Cn2nc(C(N)=O)c3ccccc32)C1. The first kappa shape index (κ1) is 24.6. The normalized spacial score (nSPS) is 17.1. The Bertz CT molecular complexity index is 1270. The molecule has 0 radical (unpaired) electrons. The van der Waals surface area contributed by atoms with Crippen LogP contribution in [0.4, 0.5) is 4.39 Å². The first-order valence-corrected chi connectivity index (χ1v) is 11.4. The summed E-state index contributed by atoms with van der Waals surface area (Å²) in [5.41, 5.74) is 6.35. The number of ether oxygens (including phenoxy) is 1. The van der Waals surface area contributed by atoms with Gasteiger partial charge in [0.2, 0.25) is 11.8 Å². The number of nitrogens with one attached hydrogen (secondary N) is 1. The minimum atomic E-state index is -0.696. The van der Waals surface area contributed by atoms with Gasteiger partial charge in [-0.2, -0.15) is 5.10 Å². The van der Waals surface area contributed by atoms with E-state index in [1.165, 1.54) is 21.7 Å². The molecule has 35 heavy (non-hydrogen) atoms. The minimum Gasteiger partial charge on any atom is -0.381 e. The third kappa shape index (κ3) is 5.28. The van der Waals surface area contributed by atoms with Gasteiger partial charge >= 0.3 is 0 Å². The summed E-state index contributed by atoms with van der Waals surface area (Å²) in [5.74, 6) is -2.08. The lowest BCUT2D eigenvalue weighted by atomic mass is 9.87. The summed E-state index contributed by atoms with van der Waals surface area (Å²) in [6.07, 6.45) is 1.18. The van der Waals surface area contributed by atoms with Gasteiger partial charge in [-0.3, -0.25) is 19.1 Å². The second kappa shape index (κ2) is 10.4. The maximum Gasteiger partial charge on any atom is 0.269 e. The molecule has 1 fully saturated rings. The summed E-state index contributed by atoms with van der Waals surface area (Å²) in [5, 5.41) is 7.39. The predicted octanol–water partition coefficient (Wildman–Crippen LogP) is 2.25. The molecular weight excluding hydrogens is 477 g/mol. The highest BCUT2D eigenvalue weighted by atomic mass is 35.5. The van der Waals surface area contributed by atoms with Gasteiger partial charge in [0, 0.05) is 30.6 Å². The van der Waals surface area contributed by atoms with Gasteiger partial charge in [0.05, 0.1) is 23.2 Å². The van der Waals surface area contributed by atoms with E-state index in [1.54, 1.807) is 37.4 Å². The lowest BCUT2D eigenvalue weighted by Gasteiger charge is -2.41. The minimum absolute atomic E-state index is 0.00548. The van der Waals surface area contributed by atoms with Crippen molar-refractivity contribution in [1.82, 2.24) is 20.0 Å². The molecule has 3 aromatic rings. The number of primary amides is 1. The van der Waals surface area contributed by atoms with Crippen LogP contribution >= 0.6 is 11.6 Å². The lowest BCUT2D eigenvalue weighted by Crippen LogP contribution is -2.54.